The number of amides is 1. The van der Waals surface area contributed by atoms with Crippen molar-refractivity contribution in [1.82, 2.24) is 10.2 Å². The highest BCUT2D eigenvalue weighted by Gasteiger charge is 2.20. The molecule has 0 unspecified atom stereocenters. The van der Waals surface area contributed by atoms with Gasteiger partial charge in [0.1, 0.15) is 10.8 Å². The van der Waals surface area contributed by atoms with E-state index in [9.17, 15) is 4.79 Å². The second-order valence-corrected chi connectivity index (χ2v) is 7.23. The second-order valence-electron chi connectivity index (χ2n) is 6.22. The van der Waals surface area contributed by atoms with Gasteiger partial charge in [-0.25, -0.2) is 0 Å². The Balaban J connectivity index is 1.53. The number of para-hydroxylation sites is 1. The van der Waals surface area contributed by atoms with Crippen LogP contribution in [0.3, 0.4) is 0 Å². The molecule has 0 radical (unpaired) electrons. The lowest BCUT2D eigenvalue weighted by molar-refractivity contribution is -0.118. The number of ether oxygens (including phenoxy) is 1. The van der Waals surface area contributed by atoms with Crippen molar-refractivity contribution >= 4 is 22.4 Å². The minimum atomic E-state index is -0.222. The van der Waals surface area contributed by atoms with E-state index in [2.05, 4.69) is 22.1 Å². The molecule has 3 rings (SSSR count). The van der Waals surface area contributed by atoms with E-state index in [-0.39, 0.29) is 12.5 Å². The van der Waals surface area contributed by atoms with E-state index in [1.807, 2.05) is 30.3 Å². The summed E-state index contributed by atoms with van der Waals surface area (Å²) >= 11 is 1.48. The number of carbonyl (C=O) groups is 1. The molecule has 0 aliphatic heterocycles. The number of anilines is 1. The third-order valence-corrected chi connectivity index (χ3v) is 5.34. The average Bonchev–Trinajstić information content (AvgIpc) is 3.10. The smallest absolute Gasteiger partial charge is 0.264 e. The van der Waals surface area contributed by atoms with E-state index < -0.39 is 0 Å². The van der Waals surface area contributed by atoms with Gasteiger partial charge in [-0.2, -0.15) is 0 Å². The third-order valence-electron chi connectivity index (χ3n) is 4.34. The highest BCUT2D eigenvalue weighted by atomic mass is 32.1. The van der Waals surface area contributed by atoms with Gasteiger partial charge in [-0.3, -0.25) is 10.1 Å². The molecule has 2 aromatic rings. The van der Waals surface area contributed by atoms with Crippen LogP contribution in [0.5, 0.6) is 5.75 Å². The largest absolute Gasteiger partial charge is 0.483 e. The van der Waals surface area contributed by atoms with Gasteiger partial charge in [-0.1, -0.05) is 54.9 Å². The molecule has 1 fully saturated rings. The van der Waals surface area contributed by atoms with Crippen LogP contribution in [0, 0.1) is 0 Å². The number of hydrogen-bond acceptors (Lipinski definition) is 5. The molecule has 0 spiro atoms. The molecule has 6 heteroatoms. The van der Waals surface area contributed by atoms with Crippen molar-refractivity contribution in [2.24, 2.45) is 0 Å². The number of carbonyl (C=O) groups excluding carboxylic acids is 1. The Kier molecular flexibility index (Phi) is 6.17. The summed E-state index contributed by atoms with van der Waals surface area (Å²) in [7, 11) is 0. The maximum Gasteiger partial charge on any atom is 0.264 e. The summed E-state index contributed by atoms with van der Waals surface area (Å²) in [4.78, 5) is 12.1. The van der Waals surface area contributed by atoms with Gasteiger partial charge in [0.05, 0.1) is 0 Å². The average molecular weight is 357 g/mol. The van der Waals surface area contributed by atoms with Crippen LogP contribution < -0.4 is 10.1 Å². The zero-order valence-electron chi connectivity index (χ0n) is 14.2. The van der Waals surface area contributed by atoms with Crippen LogP contribution in [-0.4, -0.2) is 22.7 Å². The van der Waals surface area contributed by atoms with Gasteiger partial charge in [0, 0.05) is 5.92 Å². The lowest BCUT2D eigenvalue weighted by Gasteiger charge is -2.18. The van der Waals surface area contributed by atoms with Crippen LogP contribution in [0.2, 0.25) is 0 Å². The number of hydrogen-bond donors (Lipinski definition) is 1. The first-order valence-corrected chi connectivity index (χ1v) is 9.53. The van der Waals surface area contributed by atoms with Crippen LogP contribution in [0.4, 0.5) is 5.13 Å². The number of benzene rings is 1. The molecule has 1 aliphatic carbocycles. The molecule has 1 N–H and O–H groups in total. The molecule has 1 aromatic heterocycles. The molecule has 0 bridgehead atoms. The van der Waals surface area contributed by atoms with Crippen molar-refractivity contribution in [1.29, 1.82) is 0 Å². The summed E-state index contributed by atoms with van der Waals surface area (Å²) in [6.07, 6.45) is 8.68. The zero-order chi connectivity index (χ0) is 17.5. The van der Waals surface area contributed by atoms with Gasteiger partial charge in [0.15, 0.2) is 6.61 Å². The normalized spacial score (nSPS) is 14.9. The number of rotatable bonds is 7. The Bertz CT molecular complexity index is 723. The third kappa shape index (κ3) is 4.89. The van der Waals surface area contributed by atoms with Gasteiger partial charge >= 0.3 is 0 Å². The fourth-order valence-electron chi connectivity index (χ4n) is 3.07. The number of allylic oxidation sites excluding steroid dienone is 1. The number of nitrogens with zero attached hydrogens (tertiary/aromatic N) is 2. The summed E-state index contributed by atoms with van der Waals surface area (Å²) in [6, 6.07) is 7.66. The first kappa shape index (κ1) is 17.6. The minimum absolute atomic E-state index is 0.0491. The number of nitrogens with one attached hydrogen (secondary N) is 1. The fraction of sp³-hybridized carbons (Fsp3) is 0.421. The predicted octanol–water partition coefficient (Wildman–Crippen LogP) is 4.33. The molecule has 1 saturated carbocycles. The van der Waals surface area contributed by atoms with Crippen LogP contribution in [0.1, 0.15) is 48.6 Å². The Morgan fingerprint density at radius 3 is 2.88 bits per heavy atom. The maximum absolute atomic E-state index is 12.1. The van der Waals surface area contributed by atoms with E-state index in [1.54, 1.807) is 0 Å². The van der Waals surface area contributed by atoms with Crippen LogP contribution in [0.15, 0.2) is 36.9 Å². The summed E-state index contributed by atoms with van der Waals surface area (Å²) in [5.74, 6) is 0.983. The van der Waals surface area contributed by atoms with Crippen LogP contribution >= 0.6 is 11.3 Å². The Hall–Kier alpha value is -2.21. The second kappa shape index (κ2) is 8.76. The summed E-state index contributed by atoms with van der Waals surface area (Å²) in [5, 5.41) is 12.7. The highest BCUT2D eigenvalue weighted by Crippen LogP contribution is 2.35. The highest BCUT2D eigenvalue weighted by molar-refractivity contribution is 7.15. The van der Waals surface area contributed by atoms with Crippen molar-refractivity contribution in [3.8, 4) is 5.75 Å². The van der Waals surface area contributed by atoms with Crippen molar-refractivity contribution in [3.05, 3.63) is 47.5 Å². The lowest BCUT2D eigenvalue weighted by atomic mass is 9.90. The molecular weight excluding hydrogens is 334 g/mol. The van der Waals surface area contributed by atoms with Gasteiger partial charge in [-0.05, 0) is 30.9 Å². The standard InChI is InChI=1S/C19H23N3O2S/c1-2-8-14-9-6-7-12-16(14)24-13-17(23)20-19-22-21-18(25-19)15-10-4-3-5-11-15/h2,6-7,9,12,15H,1,3-5,8,10-11,13H2,(H,20,22,23). The van der Waals surface area contributed by atoms with E-state index in [0.717, 1.165) is 10.6 Å². The topological polar surface area (TPSA) is 64.1 Å². The van der Waals surface area contributed by atoms with Crippen molar-refractivity contribution in [2.45, 2.75) is 44.4 Å². The van der Waals surface area contributed by atoms with Crippen LogP contribution in [-0.2, 0) is 11.2 Å². The molecule has 132 valence electrons. The molecule has 1 heterocycles. The first-order chi connectivity index (χ1) is 12.3. The maximum atomic E-state index is 12.1. The summed E-state index contributed by atoms with van der Waals surface area (Å²) in [6.45, 7) is 3.69. The Morgan fingerprint density at radius 2 is 2.08 bits per heavy atom. The van der Waals surface area contributed by atoms with Gasteiger partial charge in [0.2, 0.25) is 5.13 Å². The first-order valence-electron chi connectivity index (χ1n) is 8.71. The summed E-state index contributed by atoms with van der Waals surface area (Å²) in [5.41, 5.74) is 1.01. The minimum Gasteiger partial charge on any atom is -0.483 e. The zero-order valence-corrected chi connectivity index (χ0v) is 15.1. The van der Waals surface area contributed by atoms with Gasteiger partial charge in [0.25, 0.3) is 5.91 Å². The lowest BCUT2D eigenvalue weighted by Crippen LogP contribution is -2.20. The Labute approximate surface area is 152 Å². The molecule has 5 nitrogen and oxygen atoms in total. The molecule has 1 aliphatic rings. The van der Waals surface area contributed by atoms with Crippen LogP contribution in [0.25, 0.3) is 0 Å². The summed E-state index contributed by atoms with van der Waals surface area (Å²) < 4.78 is 5.64. The van der Waals surface area contributed by atoms with E-state index in [4.69, 9.17) is 4.74 Å². The van der Waals surface area contributed by atoms with Gasteiger partial charge in [-0.15, -0.1) is 16.8 Å². The van der Waals surface area contributed by atoms with Crippen molar-refractivity contribution < 1.29 is 9.53 Å². The SMILES string of the molecule is C=CCc1ccccc1OCC(=O)Nc1nnc(C2CCCCC2)s1. The molecule has 1 amide bonds. The Morgan fingerprint density at radius 1 is 1.28 bits per heavy atom. The van der Waals surface area contributed by atoms with Crippen molar-refractivity contribution in [3.63, 3.8) is 0 Å². The van der Waals surface area contributed by atoms with E-state index in [0.29, 0.717) is 23.2 Å². The fourth-order valence-corrected chi connectivity index (χ4v) is 4.00. The van der Waals surface area contributed by atoms with E-state index >= 15 is 0 Å². The molecular formula is C19H23N3O2S. The monoisotopic (exact) mass is 357 g/mol. The number of aromatic nitrogens is 2. The molecule has 1 aromatic carbocycles. The quantitative estimate of drug-likeness (QED) is 0.749. The molecule has 0 atom stereocenters. The van der Waals surface area contributed by atoms with Gasteiger partial charge < -0.3 is 4.74 Å². The molecule has 25 heavy (non-hydrogen) atoms. The molecule has 0 saturated heterocycles. The predicted molar refractivity (Wildman–Crippen MR) is 100 cm³/mol. The van der Waals surface area contributed by atoms with Crippen molar-refractivity contribution in [2.75, 3.05) is 11.9 Å². The van der Waals surface area contributed by atoms with E-state index in [1.165, 1.54) is 43.4 Å².